The van der Waals surface area contributed by atoms with Gasteiger partial charge in [0.05, 0.1) is 11.6 Å². The number of aliphatic hydroxyl groups is 1. The maximum Gasteiger partial charge on any atom is 0.225 e. The van der Waals surface area contributed by atoms with Crippen LogP contribution in [0.1, 0.15) is 70.1 Å². The summed E-state index contributed by atoms with van der Waals surface area (Å²) in [6.07, 6.45) is 4.69. The summed E-state index contributed by atoms with van der Waals surface area (Å²) in [5, 5.41) is 20.7. The fraction of sp³-hybridized carbons (Fsp3) is 0.459. The van der Waals surface area contributed by atoms with E-state index in [1.54, 1.807) is 0 Å². The molecule has 8 heteroatoms. The number of hydrogen-bond acceptors (Lipinski definition) is 7. The molecule has 0 aliphatic heterocycles. The minimum absolute atomic E-state index is 0.0927. The summed E-state index contributed by atoms with van der Waals surface area (Å²) in [6.45, 7) is 8.46. The first kappa shape index (κ1) is 33.5. The van der Waals surface area contributed by atoms with E-state index in [2.05, 4.69) is 84.8 Å². The van der Waals surface area contributed by atoms with E-state index in [0.717, 1.165) is 66.1 Å². The number of benzene rings is 3. The zero-order valence-electron chi connectivity index (χ0n) is 27.3. The van der Waals surface area contributed by atoms with Gasteiger partial charge in [-0.1, -0.05) is 68.8 Å². The number of halogens is 1. The second-order valence-corrected chi connectivity index (χ2v) is 15.4. The van der Waals surface area contributed by atoms with Crippen molar-refractivity contribution < 1.29 is 5.11 Å². The minimum Gasteiger partial charge on any atom is -0.388 e. The SMILES string of the molecule is CN(C)c1nc(NC2CCC(CNCC(CC(O)c3ccc(C(C)(C)C)cc3)Sc3ccc(Cl)cc3)CC2)nc2ccccc12. The Bertz CT molecular complexity index is 1520. The smallest absolute Gasteiger partial charge is 0.225 e. The lowest BCUT2D eigenvalue weighted by Crippen LogP contribution is -2.34. The molecule has 1 heterocycles. The van der Waals surface area contributed by atoms with Crippen molar-refractivity contribution in [2.75, 3.05) is 37.4 Å². The summed E-state index contributed by atoms with van der Waals surface area (Å²) < 4.78 is 0. The molecule has 45 heavy (non-hydrogen) atoms. The number of nitrogens with zero attached hydrogens (tertiary/aromatic N) is 3. The largest absolute Gasteiger partial charge is 0.388 e. The quantitative estimate of drug-likeness (QED) is 0.133. The van der Waals surface area contributed by atoms with Gasteiger partial charge in [0, 0.05) is 47.2 Å². The number of fused-ring (bicyclic) bond motifs is 1. The number of nitrogens with one attached hydrogen (secondary N) is 2. The van der Waals surface area contributed by atoms with Gasteiger partial charge in [-0.05, 0) is 97.5 Å². The number of aliphatic hydroxyl groups excluding tert-OH is 1. The van der Waals surface area contributed by atoms with Crippen LogP contribution in [0.5, 0.6) is 0 Å². The summed E-state index contributed by atoms with van der Waals surface area (Å²) >= 11 is 7.96. The molecule has 6 nitrogen and oxygen atoms in total. The van der Waals surface area contributed by atoms with Crippen LogP contribution in [0.3, 0.4) is 0 Å². The molecule has 0 amide bonds. The standard InChI is InChI=1S/C37H48ClN5OS/c1-37(2,3)27-14-12-26(13-15-27)34(44)22-31(45-30-20-16-28(38)17-21-30)24-39-23-25-10-18-29(19-11-25)40-36-41-33-9-7-6-8-32(33)35(42-36)43(4)5/h6-9,12-17,20-21,25,29,31,34,39,44H,10-11,18-19,22-24H2,1-5H3,(H,40,41,42). The van der Waals surface area contributed by atoms with Crippen molar-refractivity contribution >= 4 is 46.0 Å². The van der Waals surface area contributed by atoms with Crippen molar-refractivity contribution in [1.82, 2.24) is 15.3 Å². The molecule has 3 N–H and O–H groups in total. The highest BCUT2D eigenvalue weighted by Crippen LogP contribution is 2.33. The average molecular weight is 646 g/mol. The lowest BCUT2D eigenvalue weighted by molar-refractivity contribution is 0.166. The summed E-state index contributed by atoms with van der Waals surface area (Å²) in [5.74, 6) is 2.29. The van der Waals surface area contributed by atoms with Crippen LogP contribution in [0.25, 0.3) is 10.9 Å². The highest BCUT2D eigenvalue weighted by Gasteiger charge is 2.24. The van der Waals surface area contributed by atoms with E-state index in [4.69, 9.17) is 21.6 Å². The zero-order valence-corrected chi connectivity index (χ0v) is 28.8. The molecule has 0 bridgehead atoms. The first-order valence-electron chi connectivity index (χ1n) is 16.2. The Balaban J connectivity index is 1.14. The molecule has 0 spiro atoms. The molecular formula is C37H48ClN5OS. The molecule has 0 radical (unpaired) electrons. The molecule has 1 aliphatic carbocycles. The molecule has 1 saturated carbocycles. The minimum atomic E-state index is -0.516. The summed E-state index contributed by atoms with van der Waals surface area (Å²) in [7, 11) is 4.06. The Morgan fingerprint density at radius 1 is 0.933 bits per heavy atom. The van der Waals surface area contributed by atoms with Crippen LogP contribution in [0.2, 0.25) is 5.02 Å². The topological polar surface area (TPSA) is 73.3 Å². The molecule has 1 aromatic heterocycles. The molecule has 4 aromatic rings. The van der Waals surface area contributed by atoms with Gasteiger partial charge in [-0.25, -0.2) is 4.98 Å². The van der Waals surface area contributed by atoms with E-state index in [0.29, 0.717) is 24.3 Å². The molecule has 240 valence electrons. The van der Waals surface area contributed by atoms with Gasteiger partial charge in [-0.2, -0.15) is 4.98 Å². The molecule has 1 aliphatic rings. The van der Waals surface area contributed by atoms with Crippen LogP contribution in [-0.4, -0.2) is 53.6 Å². The van der Waals surface area contributed by atoms with E-state index in [1.807, 2.05) is 50.1 Å². The molecule has 1 fully saturated rings. The average Bonchev–Trinajstić information content (AvgIpc) is 3.02. The Morgan fingerprint density at radius 2 is 1.62 bits per heavy atom. The van der Waals surface area contributed by atoms with E-state index in [1.165, 1.54) is 10.5 Å². The second-order valence-electron chi connectivity index (χ2n) is 13.6. The van der Waals surface area contributed by atoms with Crippen molar-refractivity contribution in [3.8, 4) is 0 Å². The van der Waals surface area contributed by atoms with Crippen molar-refractivity contribution in [2.45, 2.75) is 80.6 Å². The van der Waals surface area contributed by atoms with Crippen LogP contribution in [0.15, 0.2) is 77.7 Å². The first-order chi connectivity index (χ1) is 21.5. The van der Waals surface area contributed by atoms with Crippen LogP contribution < -0.4 is 15.5 Å². The fourth-order valence-corrected chi connectivity index (χ4v) is 7.36. The predicted octanol–water partition coefficient (Wildman–Crippen LogP) is 8.49. The Hall–Kier alpha value is -2.84. The van der Waals surface area contributed by atoms with Gasteiger partial charge in [0.2, 0.25) is 5.95 Å². The van der Waals surface area contributed by atoms with Gasteiger partial charge < -0.3 is 20.6 Å². The van der Waals surface area contributed by atoms with Crippen molar-refractivity contribution in [3.63, 3.8) is 0 Å². The van der Waals surface area contributed by atoms with Crippen LogP contribution in [-0.2, 0) is 5.41 Å². The molecule has 3 aromatic carbocycles. The second kappa shape index (κ2) is 15.2. The van der Waals surface area contributed by atoms with E-state index in [-0.39, 0.29) is 10.7 Å². The third-order valence-corrected chi connectivity index (χ3v) is 10.2. The Labute approximate surface area is 278 Å². The van der Waals surface area contributed by atoms with Crippen molar-refractivity contribution in [2.24, 2.45) is 5.92 Å². The maximum atomic E-state index is 11.2. The van der Waals surface area contributed by atoms with E-state index in [9.17, 15) is 5.11 Å². The van der Waals surface area contributed by atoms with Crippen LogP contribution >= 0.6 is 23.4 Å². The van der Waals surface area contributed by atoms with Crippen LogP contribution in [0.4, 0.5) is 11.8 Å². The lowest BCUT2D eigenvalue weighted by Gasteiger charge is -2.30. The molecule has 0 saturated heterocycles. The molecule has 5 rings (SSSR count). The molecule has 2 atom stereocenters. The predicted molar refractivity (Wildman–Crippen MR) is 192 cm³/mol. The van der Waals surface area contributed by atoms with Crippen LogP contribution in [0, 0.1) is 5.92 Å². The van der Waals surface area contributed by atoms with Gasteiger partial charge in [0.15, 0.2) is 0 Å². The van der Waals surface area contributed by atoms with Gasteiger partial charge in [-0.3, -0.25) is 0 Å². The monoisotopic (exact) mass is 645 g/mol. The highest BCUT2D eigenvalue weighted by molar-refractivity contribution is 8.00. The lowest BCUT2D eigenvalue weighted by atomic mass is 9.86. The third-order valence-electron chi connectivity index (χ3n) is 8.76. The van der Waals surface area contributed by atoms with Gasteiger partial charge in [0.1, 0.15) is 5.82 Å². The number of para-hydroxylation sites is 1. The van der Waals surface area contributed by atoms with Crippen molar-refractivity contribution in [1.29, 1.82) is 0 Å². The summed E-state index contributed by atoms with van der Waals surface area (Å²) in [4.78, 5) is 12.9. The summed E-state index contributed by atoms with van der Waals surface area (Å²) in [6, 6.07) is 25.1. The Morgan fingerprint density at radius 3 is 2.29 bits per heavy atom. The third kappa shape index (κ3) is 9.35. The first-order valence-corrected chi connectivity index (χ1v) is 17.4. The maximum absolute atomic E-state index is 11.2. The number of anilines is 2. The number of rotatable bonds is 12. The van der Waals surface area contributed by atoms with Gasteiger partial charge in [0.25, 0.3) is 0 Å². The number of aromatic nitrogens is 2. The van der Waals surface area contributed by atoms with Crippen molar-refractivity contribution in [3.05, 3.63) is 88.9 Å². The zero-order chi connectivity index (χ0) is 32.0. The van der Waals surface area contributed by atoms with E-state index < -0.39 is 6.10 Å². The van der Waals surface area contributed by atoms with E-state index >= 15 is 0 Å². The normalized spacial score (nSPS) is 18.5. The summed E-state index contributed by atoms with van der Waals surface area (Å²) in [5.41, 5.74) is 3.31. The van der Waals surface area contributed by atoms with Gasteiger partial charge in [-0.15, -0.1) is 11.8 Å². The molecular weight excluding hydrogens is 598 g/mol. The number of thioether (sulfide) groups is 1. The highest BCUT2D eigenvalue weighted by atomic mass is 35.5. The Kier molecular flexibility index (Phi) is 11.3. The number of hydrogen-bond donors (Lipinski definition) is 3. The van der Waals surface area contributed by atoms with Gasteiger partial charge >= 0.3 is 0 Å². The fourth-order valence-electron chi connectivity index (χ4n) is 6.08. The molecule has 2 unspecified atom stereocenters.